The first-order chi connectivity index (χ1) is 9.11. The zero-order valence-corrected chi connectivity index (χ0v) is 14.2. The number of carbonyl (C=O) groups excluding carboxylic acids is 1. The quantitative estimate of drug-likeness (QED) is 0.667. The number of rotatable bonds is 3. The molecule has 20 heavy (non-hydrogen) atoms. The van der Waals surface area contributed by atoms with Gasteiger partial charge in [0.25, 0.3) is 0 Å². The monoisotopic (exact) mass is 410 g/mol. The molecule has 110 valence electrons. The Hall–Kier alpha value is -1.02. The van der Waals surface area contributed by atoms with Crippen molar-refractivity contribution in [1.82, 2.24) is 5.32 Å². The molecule has 0 radical (unpaired) electrons. The van der Waals surface area contributed by atoms with E-state index in [9.17, 15) is 9.59 Å². The van der Waals surface area contributed by atoms with E-state index in [1.165, 1.54) is 0 Å². The second-order valence-corrected chi connectivity index (χ2v) is 6.96. The van der Waals surface area contributed by atoms with Crippen molar-refractivity contribution in [3.8, 4) is 0 Å². The third-order valence-corrected chi connectivity index (χ3v) is 3.70. The van der Waals surface area contributed by atoms with E-state index in [4.69, 9.17) is 16.7 Å². The highest BCUT2D eigenvalue weighted by Crippen LogP contribution is 2.23. The molecule has 0 spiro atoms. The van der Waals surface area contributed by atoms with Crippen molar-refractivity contribution in [2.45, 2.75) is 26.8 Å². The number of urea groups is 1. The zero-order valence-electron chi connectivity index (χ0n) is 11.3. The minimum atomic E-state index is -1.07. The summed E-state index contributed by atoms with van der Waals surface area (Å²) >= 11 is 7.87. The van der Waals surface area contributed by atoms with E-state index in [1.54, 1.807) is 39.0 Å². The van der Waals surface area contributed by atoms with E-state index in [1.807, 2.05) is 22.6 Å². The minimum Gasteiger partial charge on any atom is -0.480 e. The van der Waals surface area contributed by atoms with Crippen molar-refractivity contribution in [1.29, 1.82) is 0 Å². The average Bonchev–Trinajstić information content (AvgIpc) is 2.28. The highest BCUT2D eigenvalue weighted by molar-refractivity contribution is 14.1. The number of halogens is 2. The van der Waals surface area contributed by atoms with Crippen LogP contribution in [0.15, 0.2) is 18.2 Å². The van der Waals surface area contributed by atoms with E-state index in [-0.39, 0.29) is 0 Å². The SMILES string of the molecule is CC(C)(C)C(NC(=O)Nc1ccc(Cl)cc1I)C(=O)O. The second kappa shape index (κ2) is 6.62. The van der Waals surface area contributed by atoms with Gasteiger partial charge in [0, 0.05) is 8.59 Å². The summed E-state index contributed by atoms with van der Waals surface area (Å²) in [6.45, 7) is 5.24. The van der Waals surface area contributed by atoms with Crippen LogP contribution in [-0.2, 0) is 4.79 Å². The molecule has 0 aromatic heterocycles. The maximum atomic E-state index is 11.9. The van der Waals surface area contributed by atoms with Crippen LogP contribution in [-0.4, -0.2) is 23.1 Å². The second-order valence-electron chi connectivity index (χ2n) is 5.36. The van der Waals surface area contributed by atoms with Gasteiger partial charge in [0.05, 0.1) is 5.69 Å². The Kier molecular flexibility index (Phi) is 5.64. The van der Waals surface area contributed by atoms with Gasteiger partial charge >= 0.3 is 12.0 Å². The minimum absolute atomic E-state index is 0.562. The lowest BCUT2D eigenvalue weighted by Crippen LogP contribution is -2.50. The van der Waals surface area contributed by atoms with Crippen molar-refractivity contribution in [2.75, 3.05) is 5.32 Å². The summed E-state index contributed by atoms with van der Waals surface area (Å²) in [5.41, 5.74) is -0.0124. The van der Waals surface area contributed by atoms with Gasteiger partial charge in [0.1, 0.15) is 6.04 Å². The molecule has 0 bridgehead atoms. The number of carboxylic acids is 1. The normalized spacial score (nSPS) is 12.7. The highest BCUT2D eigenvalue weighted by atomic mass is 127. The summed E-state index contributed by atoms with van der Waals surface area (Å²) in [4.78, 5) is 23.1. The number of hydrogen-bond donors (Lipinski definition) is 3. The van der Waals surface area contributed by atoms with Crippen molar-refractivity contribution in [3.05, 3.63) is 26.8 Å². The summed E-state index contributed by atoms with van der Waals surface area (Å²) in [7, 11) is 0. The van der Waals surface area contributed by atoms with Crippen LogP contribution in [0.4, 0.5) is 10.5 Å². The van der Waals surface area contributed by atoms with Gasteiger partial charge in [-0.3, -0.25) is 0 Å². The number of carbonyl (C=O) groups is 2. The van der Waals surface area contributed by atoms with Crippen LogP contribution in [0.25, 0.3) is 0 Å². The summed E-state index contributed by atoms with van der Waals surface area (Å²) in [5, 5.41) is 14.8. The predicted octanol–water partition coefficient (Wildman–Crippen LogP) is 3.57. The van der Waals surface area contributed by atoms with Crippen molar-refractivity contribution in [2.24, 2.45) is 5.41 Å². The molecule has 0 heterocycles. The van der Waals surface area contributed by atoms with Gasteiger partial charge in [0.2, 0.25) is 0 Å². The molecule has 0 saturated heterocycles. The topological polar surface area (TPSA) is 78.4 Å². The van der Waals surface area contributed by atoms with E-state index >= 15 is 0 Å². The van der Waals surface area contributed by atoms with Crippen LogP contribution >= 0.6 is 34.2 Å². The first-order valence-corrected chi connectivity index (χ1v) is 7.32. The van der Waals surface area contributed by atoms with Crippen LogP contribution in [0.2, 0.25) is 5.02 Å². The molecule has 2 amide bonds. The molecular weight excluding hydrogens is 395 g/mol. The molecule has 0 aliphatic heterocycles. The Bertz CT molecular complexity index is 529. The van der Waals surface area contributed by atoms with Gasteiger partial charge in [-0.2, -0.15) is 0 Å². The first-order valence-electron chi connectivity index (χ1n) is 5.86. The lowest BCUT2D eigenvalue weighted by molar-refractivity contribution is -0.141. The van der Waals surface area contributed by atoms with Crippen molar-refractivity contribution in [3.63, 3.8) is 0 Å². The molecule has 7 heteroatoms. The van der Waals surface area contributed by atoms with Crippen molar-refractivity contribution >= 4 is 51.9 Å². The van der Waals surface area contributed by atoms with E-state index in [0.717, 1.165) is 3.57 Å². The van der Waals surface area contributed by atoms with Crippen LogP contribution in [0, 0.1) is 8.99 Å². The summed E-state index contributed by atoms with van der Waals surface area (Å²) in [6.07, 6.45) is 0. The molecule has 1 rings (SSSR count). The lowest BCUT2D eigenvalue weighted by atomic mass is 9.87. The van der Waals surface area contributed by atoms with Gasteiger partial charge < -0.3 is 15.7 Å². The van der Waals surface area contributed by atoms with Gasteiger partial charge in [-0.05, 0) is 46.2 Å². The fraction of sp³-hybridized carbons (Fsp3) is 0.385. The van der Waals surface area contributed by atoms with E-state index in [0.29, 0.717) is 10.7 Å². The van der Waals surface area contributed by atoms with Crippen LogP contribution in [0.3, 0.4) is 0 Å². The standard InChI is InChI=1S/C13H16ClIN2O3/c1-13(2,3)10(11(18)19)17-12(20)16-9-5-4-7(14)6-8(9)15/h4-6,10H,1-3H3,(H,18,19)(H2,16,17,20). The lowest BCUT2D eigenvalue weighted by Gasteiger charge is -2.27. The van der Waals surface area contributed by atoms with Crippen LogP contribution in [0.1, 0.15) is 20.8 Å². The Morgan fingerprint density at radius 2 is 1.95 bits per heavy atom. The maximum Gasteiger partial charge on any atom is 0.326 e. The van der Waals surface area contributed by atoms with E-state index < -0.39 is 23.5 Å². The van der Waals surface area contributed by atoms with Crippen LogP contribution in [0.5, 0.6) is 0 Å². The number of benzene rings is 1. The van der Waals surface area contributed by atoms with E-state index in [2.05, 4.69) is 10.6 Å². The molecule has 0 aliphatic carbocycles. The molecule has 1 atom stereocenters. The molecule has 0 saturated carbocycles. The number of aliphatic carboxylic acids is 1. The Balaban J connectivity index is 2.79. The molecule has 1 unspecified atom stereocenters. The molecule has 5 nitrogen and oxygen atoms in total. The largest absolute Gasteiger partial charge is 0.480 e. The maximum absolute atomic E-state index is 11.9. The van der Waals surface area contributed by atoms with Gasteiger partial charge in [-0.1, -0.05) is 32.4 Å². The smallest absolute Gasteiger partial charge is 0.326 e. The highest BCUT2D eigenvalue weighted by Gasteiger charge is 2.32. The number of anilines is 1. The fourth-order valence-corrected chi connectivity index (χ4v) is 2.54. The summed E-state index contributed by atoms with van der Waals surface area (Å²) in [5.74, 6) is -1.07. The van der Waals surface area contributed by atoms with Crippen molar-refractivity contribution < 1.29 is 14.7 Å². The zero-order chi connectivity index (χ0) is 15.5. The predicted molar refractivity (Wildman–Crippen MR) is 87.2 cm³/mol. The molecule has 1 aromatic carbocycles. The Morgan fingerprint density at radius 3 is 2.40 bits per heavy atom. The van der Waals surface area contributed by atoms with Crippen LogP contribution < -0.4 is 10.6 Å². The summed E-state index contributed by atoms with van der Waals surface area (Å²) < 4.78 is 0.771. The molecule has 1 aromatic rings. The third-order valence-electron chi connectivity index (χ3n) is 2.57. The average molecular weight is 411 g/mol. The van der Waals surface area contributed by atoms with Gasteiger partial charge in [0.15, 0.2) is 0 Å². The molecular formula is C13H16ClIN2O3. The van der Waals surface area contributed by atoms with Gasteiger partial charge in [-0.25, -0.2) is 9.59 Å². The van der Waals surface area contributed by atoms with Gasteiger partial charge in [-0.15, -0.1) is 0 Å². The number of hydrogen-bond acceptors (Lipinski definition) is 2. The molecule has 0 aliphatic rings. The Morgan fingerprint density at radius 1 is 1.35 bits per heavy atom. The first kappa shape index (κ1) is 17.0. The summed E-state index contributed by atoms with van der Waals surface area (Å²) in [6, 6.07) is 3.48. The molecule has 3 N–H and O–H groups in total. The number of nitrogens with one attached hydrogen (secondary N) is 2. The number of carboxylic acid groups (broad SMARTS) is 1. The number of amides is 2. The fourth-order valence-electron chi connectivity index (χ4n) is 1.53. The third kappa shape index (κ3) is 4.82. The molecule has 0 fully saturated rings. The Labute approximate surface area is 136 Å².